The number of carboxylic acid groups (broad SMARTS) is 1. The zero-order valence-electron chi connectivity index (χ0n) is 13.3. The van der Waals surface area contributed by atoms with Crippen LogP contribution in [-0.4, -0.2) is 18.2 Å². The molecule has 0 aliphatic heterocycles. The largest absolute Gasteiger partial charge is 0.497 e. The van der Waals surface area contributed by atoms with Gasteiger partial charge in [-0.1, -0.05) is 18.2 Å². The van der Waals surface area contributed by atoms with Crippen LogP contribution in [-0.2, 0) is 11.2 Å². The monoisotopic (exact) mass is 324 g/mol. The van der Waals surface area contributed by atoms with Crippen molar-refractivity contribution in [2.24, 2.45) is 0 Å². The van der Waals surface area contributed by atoms with Gasteiger partial charge in [-0.2, -0.15) is 0 Å². The second-order valence-corrected chi connectivity index (χ2v) is 5.58. The predicted molar refractivity (Wildman–Crippen MR) is 90.5 cm³/mol. The van der Waals surface area contributed by atoms with E-state index in [1.54, 1.807) is 43.5 Å². The molecule has 0 radical (unpaired) electrons. The van der Waals surface area contributed by atoms with E-state index in [0.717, 1.165) is 5.56 Å². The summed E-state index contributed by atoms with van der Waals surface area (Å²) in [4.78, 5) is 23.6. The van der Waals surface area contributed by atoms with Gasteiger partial charge in [-0.05, 0) is 30.7 Å². The van der Waals surface area contributed by atoms with Crippen LogP contribution in [0.5, 0.6) is 5.75 Å². The zero-order valence-corrected chi connectivity index (χ0v) is 13.3. The summed E-state index contributed by atoms with van der Waals surface area (Å²) in [6.07, 6.45) is -0.206. The highest BCUT2D eigenvalue weighted by Gasteiger charge is 2.14. The Morgan fingerprint density at radius 3 is 2.71 bits per heavy atom. The van der Waals surface area contributed by atoms with Gasteiger partial charge in [0, 0.05) is 17.2 Å². The van der Waals surface area contributed by atoms with Crippen molar-refractivity contribution in [3.8, 4) is 17.1 Å². The van der Waals surface area contributed by atoms with Crippen molar-refractivity contribution in [3.05, 3.63) is 63.8 Å². The van der Waals surface area contributed by atoms with Crippen LogP contribution in [0.2, 0.25) is 0 Å². The standard InChI is InChI=1S/C19H16O5/c1-11-6-13(9-18(21)22)19-15(7-11)16(20)10-17(24-19)12-4-3-5-14(8-12)23-2/h3-8,10H,9H2,1-2H3,(H,21,22). The smallest absolute Gasteiger partial charge is 0.307 e. The molecule has 0 fully saturated rings. The van der Waals surface area contributed by atoms with E-state index < -0.39 is 5.97 Å². The highest BCUT2D eigenvalue weighted by molar-refractivity contribution is 5.86. The van der Waals surface area contributed by atoms with Crippen LogP contribution in [0.1, 0.15) is 11.1 Å². The molecule has 122 valence electrons. The van der Waals surface area contributed by atoms with Gasteiger partial charge in [-0.15, -0.1) is 0 Å². The molecule has 3 aromatic rings. The summed E-state index contributed by atoms with van der Waals surface area (Å²) in [5.41, 5.74) is 2.10. The Morgan fingerprint density at radius 2 is 2.00 bits per heavy atom. The Kier molecular flexibility index (Phi) is 4.08. The van der Waals surface area contributed by atoms with E-state index >= 15 is 0 Å². The SMILES string of the molecule is COc1cccc(-c2cc(=O)c3cc(C)cc(CC(=O)O)c3o2)c1. The highest BCUT2D eigenvalue weighted by Crippen LogP contribution is 2.27. The summed E-state index contributed by atoms with van der Waals surface area (Å²) in [6.45, 7) is 1.82. The molecule has 0 aliphatic carbocycles. The van der Waals surface area contributed by atoms with E-state index in [9.17, 15) is 9.59 Å². The second kappa shape index (κ2) is 6.20. The van der Waals surface area contributed by atoms with Gasteiger partial charge in [-0.3, -0.25) is 9.59 Å². The molecule has 0 atom stereocenters. The average Bonchev–Trinajstić information content (AvgIpc) is 2.55. The van der Waals surface area contributed by atoms with E-state index in [-0.39, 0.29) is 11.8 Å². The van der Waals surface area contributed by atoms with Crippen molar-refractivity contribution >= 4 is 16.9 Å². The topological polar surface area (TPSA) is 76.7 Å². The van der Waals surface area contributed by atoms with E-state index in [1.807, 2.05) is 6.92 Å². The third kappa shape index (κ3) is 3.01. The molecule has 5 heteroatoms. The molecule has 1 N–H and O–H groups in total. The fraction of sp³-hybridized carbons (Fsp3) is 0.158. The molecule has 0 amide bonds. The van der Waals surface area contributed by atoms with Gasteiger partial charge in [0.05, 0.1) is 18.9 Å². The van der Waals surface area contributed by atoms with Gasteiger partial charge >= 0.3 is 5.97 Å². The number of hydrogen-bond acceptors (Lipinski definition) is 4. The molecule has 0 bridgehead atoms. The van der Waals surface area contributed by atoms with Crippen molar-refractivity contribution in [1.82, 2.24) is 0 Å². The molecule has 5 nitrogen and oxygen atoms in total. The number of carboxylic acids is 1. The number of ether oxygens (including phenoxy) is 1. The second-order valence-electron chi connectivity index (χ2n) is 5.58. The third-order valence-corrected chi connectivity index (χ3v) is 3.75. The predicted octanol–water partition coefficient (Wildman–Crippen LogP) is 3.40. The lowest BCUT2D eigenvalue weighted by Gasteiger charge is -2.09. The molecule has 0 unspecified atom stereocenters. The maximum Gasteiger partial charge on any atom is 0.307 e. The Morgan fingerprint density at radius 1 is 1.21 bits per heavy atom. The molecule has 24 heavy (non-hydrogen) atoms. The molecule has 1 aromatic heterocycles. The number of rotatable bonds is 4. The normalized spacial score (nSPS) is 10.8. The summed E-state index contributed by atoms with van der Waals surface area (Å²) >= 11 is 0. The summed E-state index contributed by atoms with van der Waals surface area (Å²) in [5.74, 6) is 0.0446. The number of benzene rings is 2. The van der Waals surface area contributed by atoms with Gasteiger partial charge in [0.25, 0.3) is 0 Å². The summed E-state index contributed by atoms with van der Waals surface area (Å²) in [7, 11) is 1.56. The minimum atomic E-state index is -0.976. The first kappa shape index (κ1) is 15.8. The number of fused-ring (bicyclic) bond motifs is 1. The van der Waals surface area contributed by atoms with E-state index in [4.69, 9.17) is 14.3 Å². The molecule has 0 saturated carbocycles. The van der Waals surface area contributed by atoms with Crippen LogP contribution in [0.4, 0.5) is 0 Å². The summed E-state index contributed by atoms with van der Waals surface area (Å²) in [5, 5.41) is 9.49. The fourth-order valence-corrected chi connectivity index (χ4v) is 2.70. The molecular weight excluding hydrogens is 308 g/mol. The van der Waals surface area contributed by atoms with Crippen LogP contribution in [0, 0.1) is 6.92 Å². The van der Waals surface area contributed by atoms with Gasteiger partial charge in [0.2, 0.25) is 0 Å². The molecule has 0 aliphatic rings. The first-order valence-electron chi connectivity index (χ1n) is 7.41. The Bertz CT molecular complexity index is 985. The van der Waals surface area contributed by atoms with Crippen LogP contribution in [0.15, 0.2) is 51.7 Å². The molecule has 3 rings (SSSR count). The lowest BCUT2D eigenvalue weighted by molar-refractivity contribution is -0.136. The molecule has 1 heterocycles. The zero-order chi connectivity index (χ0) is 17.3. The van der Waals surface area contributed by atoms with Crippen molar-refractivity contribution < 1.29 is 19.1 Å². The molecular formula is C19H16O5. The van der Waals surface area contributed by atoms with E-state index in [2.05, 4.69) is 0 Å². The fourth-order valence-electron chi connectivity index (χ4n) is 2.70. The van der Waals surface area contributed by atoms with Crippen molar-refractivity contribution in [2.45, 2.75) is 13.3 Å². The van der Waals surface area contributed by atoms with E-state index in [1.165, 1.54) is 6.07 Å². The van der Waals surface area contributed by atoms with Crippen LogP contribution >= 0.6 is 0 Å². The van der Waals surface area contributed by atoms with Crippen molar-refractivity contribution in [3.63, 3.8) is 0 Å². The molecule has 0 spiro atoms. The summed E-state index contributed by atoms with van der Waals surface area (Å²) in [6, 6.07) is 12.0. The van der Waals surface area contributed by atoms with Crippen molar-refractivity contribution in [2.75, 3.05) is 7.11 Å². The Hall–Kier alpha value is -3.08. The third-order valence-electron chi connectivity index (χ3n) is 3.75. The minimum absolute atomic E-state index is 0.204. The summed E-state index contributed by atoms with van der Waals surface area (Å²) < 4.78 is 11.1. The van der Waals surface area contributed by atoms with Crippen LogP contribution in [0.25, 0.3) is 22.3 Å². The van der Waals surface area contributed by atoms with Crippen LogP contribution < -0.4 is 10.2 Å². The Balaban J connectivity index is 2.26. The lowest BCUT2D eigenvalue weighted by atomic mass is 10.0. The number of methoxy groups -OCH3 is 1. The number of aliphatic carboxylic acids is 1. The maximum atomic E-state index is 12.5. The van der Waals surface area contributed by atoms with Gasteiger partial charge in [0.1, 0.15) is 17.1 Å². The van der Waals surface area contributed by atoms with Crippen LogP contribution in [0.3, 0.4) is 0 Å². The van der Waals surface area contributed by atoms with Gasteiger partial charge in [0.15, 0.2) is 5.43 Å². The number of aryl methyl sites for hydroxylation is 1. The minimum Gasteiger partial charge on any atom is -0.497 e. The maximum absolute atomic E-state index is 12.5. The first-order valence-corrected chi connectivity index (χ1v) is 7.41. The quantitative estimate of drug-likeness (QED) is 0.796. The van der Waals surface area contributed by atoms with E-state index in [0.29, 0.717) is 33.6 Å². The number of carbonyl (C=O) groups is 1. The number of hydrogen-bond donors (Lipinski definition) is 1. The molecule has 0 saturated heterocycles. The molecule has 2 aromatic carbocycles. The lowest BCUT2D eigenvalue weighted by Crippen LogP contribution is -2.06. The Labute approximate surface area is 138 Å². The first-order chi connectivity index (χ1) is 11.5. The van der Waals surface area contributed by atoms with Crippen molar-refractivity contribution in [1.29, 1.82) is 0 Å². The average molecular weight is 324 g/mol. The van der Waals surface area contributed by atoms with Gasteiger partial charge < -0.3 is 14.3 Å². The van der Waals surface area contributed by atoms with Gasteiger partial charge in [-0.25, -0.2) is 0 Å². The highest BCUT2D eigenvalue weighted by atomic mass is 16.5.